The summed E-state index contributed by atoms with van der Waals surface area (Å²) >= 11 is 0. The Hall–Kier alpha value is -1.93. The van der Waals surface area contributed by atoms with Gasteiger partial charge >= 0.3 is 0 Å². The van der Waals surface area contributed by atoms with Gasteiger partial charge in [0.2, 0.25) is 5.91 Å². The molecule has 0 radical (unpaired) electrons. The lowest BCUT2D eigenvalue weighted by Crippen LogP contribution is -2.36. The van der Waals surface area contributed by atoms with Crippen LogP contribution in [0.5, 0.6) is 0 Å². The van der Waals surface area contributed by atoms with E-state index in [1.807, 2.05) is 11.1 Å². The van der Waals surface area contributed by atoms with E-state index in [1.54, 1.807) is 6.07 Å². The van der Waals surface area contributed by atoms with E-state index in [0.717, 1.165) is 31.5 Å². The smallest absolute Gasteiger partial charge is 0.244 e. The van der Waals surface area contributed by atoms with Crippen molar-refractivity contribution >= 4 is 5.91 Å². The fourth-order valence-corrected chi connectivity index (χ4v) is 4.16. The van der Waals surface area contributed by atoms with Gasteiger partial charge in [0.1, 0.15) is 5.82 Å². The van der Waals surface area contributed by atoms with Crippen LogP contribution in [0, 0.1) is 28.5 Å². The standard InChI is InChI=1S/C18H20FN3O/c1-18(9-12-2-3-12)11-21-5-4-16(22(21)17(18)23)14-6-13(10-20)7-15(19)8-14/h6-8,12,16H,2-5,9,11H2,1H3/t16-,18-/m1/s1. The maximum Gasteiger partial charge on any atom is 0.244 e. The lowest BCUT2D eigenvalue weighted by molar-refractivity contribution is -0.143. The second-order valence-electron chi connectivity index (χ2n) is 7.44. The molecule has 0 aromatic heterocycles. The average molecular weight is 313 g/mol. The van der Waals surface area contributed by atoms with Crippen LogP contribution < -0.4 is 0 Å². The van der Waals surface area contributed by atoms with Crippen LogP contribution in [0.4, 0.5) is 4.39 Å². The first-order valence-electron chi connectivity index (χ1n) is 8.29. The molecule has 2 atom stereocenters. The van der Waals surface area contributed by atoms with Gasteiger partial charge in [0, 0.05) is 13.1 Å². The van der Waals surface area contributed by atoms with E-state index in [1.165, 1.54) is 25.0 Å². The number of carbonyl (C=O) groups is 1. The molecule has 120 valence electrons. The zero-order valence-electron chi connectivity index (χ0n) is 13.3. The van der Waals surface area contributed by atoms with E-state index in [4.69, 9.17) is 5.26 Å². The number of fused-ring (bicyclic) bond motifs is 1. The Morgan fingerprint density at radius 2 is 2.13 bits per heavy atom. The summed E-state index contributed by atoms with van der Waals surface area (Å²) in [4.78, 5) is 13.0. The van der Waals surface area contributed by atoms with E-state index in [9.17, 15) is 9.18 Å². The number of nitrogens with zero attached hydrogens (tertiary/aromatic N) is 3. The Labute approximate surface area is 135 Å². The molecule has 4 rings (SSSR count). The zero-order valence-corrected chi connectivity index (χ0v) is 13.3. The molecule has 2 aliphatic heterocycles. The number of halogens is 1. The van der Waals surface area contributed by atoms with Crippen LogP contribution in [-0.4, -0.2) is 29.0 Å². The molecule has 0 bridgehead atoms. The predicted molar refractivity (Wildman–Crippen MR) is 82.3 cm³/mol. The van der Waals surface area contributed by atoms with Crippen molar-refractivity contribution in [3.63, 3.8) is 0 Å². The SMILES string of the molecule is C[C@@]1(CC2CC2)CN2CC[C@H](c3cc(F)cc(C#N)c3)N2C1=O. The van der Waals surface area contributed by atoms with Crippen molar-refractivity contribution < 1.29 is 9.18 Å². The molecule has 0 N–H and O–H groups in total. The van der Waals surface area contributed by atoms with Gasteiger partial charge < -0.3 is 0 Å². The highest BCUT2D eigenvalue weighted by Gasteiger charge is 2.54. The summed E-state index contributed by atoms with van der Waals surface area (Å²) in [6.07, 6.45) is 4.22. The van der Waals surface area contributed by atoms with Crippen molar-refractivity contribution in [1.29, 1.82) is 5.26 Å². The molecule has 1 saturated carbocycles. The van der Waals surface area contributed by atoms with Crippen molar-refractivity contribution in [3.05, 3.63) is 35.1 Å². The molecule has 1 aliphatic carbocycles. The molecule has 3 aliphatic rings. The zero-order chi connectivity index (χ0) is 16.2. The molecule has 4 nitrogen and oxygen atoms in total. The molecule has 0 spiro atoms. The third kappa shape index (κ3) is 2.42. The van der Waals surface area contributed by atoms with Crippen LogP contribution in [0.3, 0.4) is 0 Å². The van der Waals surface area contributed by atoms with Gasteiger partial charge in [0.25, 0.3) is 0 Å². The minimum Gasteiger partial charge on any atom is -0.273 e. The molecule has 3 fully saturated rings. The molecule has 0 unspecified atom stereocenters. The number of hydrogen-bond donors (Lipinski definition) is 0. The molecule has 1 aromatic carbocycles. The number of hydrazine groups is 1. The third-order valence-corrected chi connectivity index (χ3v) is 5.39. The predicted octanol–water partition coefficient (Wildman–Crippen LogP) is 3.01. The van der Waals surface area contributed by atoms with Crippen molar-refractivity contribution in [3.8, 4) is 6.07 Å². The van der Waals surface area contributed by atoms with Gasteiger partial charge in [-0.25, -0.2) is 9.40 Å². The Morgan fingerprint density at radius 3 is 2.83 bits per heavy atom. The summed E-state index contributed by atoms with van der Waals surface area (Å²) in [6.45, 7) is 3.64. The van der Waals surface area contributed by atoms with Gasteiger partial charge in [-0.1, -0.05) is 12.8 Å². The van der Waals surface area contributed by atoms with Crippen molar-refractivity contribution in [2.45, 2.75) is 38.6 Å². The first-order chi connectivity index (χ1) is 11.0. The Bertz CT molecular complexity index is 709. The lowest BCUT2D eigenvalue weighted by atomic mass is 9.84. The van der Waals surface area contributed by atoms with E-state index in [2.05, 4.69) is 11.9 Å². The number of nitriles is 1. The molecule has 5 heteroatoms. The maximum atomic E-state index is 13.8. The Morgan fingerprint density at radius 1 is 1.35 bits per heavy atom. The second kappa shape index (κ2) is 5.04. The lowest BCUT2D eigenvalue weighted by Gasteiger charge is -2.27. The summed E-state index contributed by atoms with van der Waals surface area (Å²) in [7, 11) is 0. The quantitative estimate of drug-likeness (QED) is 0.862. The minimum atomic E-state index is -0.412. The van der Waals surface area contributed by atoms with Gasteiger partial charge in [-0.15, -0.1) is 0 Å². The topological polar surface area (TPSA) is 47.3 Å². The maximum absolute atomic E-state index is 13.8. The summed E-state index contributed by atoms with van der Waals surface area (Å²) < 4.78 is 13.8. The number of amides is 1. The number of hydrogen-bond acceptors (Lipinski definition) is 3. The number of carbonyl (C=O) groups excluding carboxylic acids is 1. The van der Waals surface area contributed by atoms with Crippen LogP contribution in [0.1, 0.15) is 49.8 Å². The van der Waals surface area contributed by atoms with Crippen LogP contribution >= 0.6 is 0 Å². The highest BCUT2D eigenvalue weighted by molar-refractivity contribution is 5.85. The monoisotopic (exact) mass is 313 g/mol. The largest absolute Gasteiger partial charge is 0.273 e. The Kier molecular flexibility index (Phi) is 3.21. The fraction of sp³-hybridized carbons (Fsp3) is 0.556. The first kappa shape index (κ1) is 14.6. The third-order valence-electron chi connectivity index (χ3n) is 5.39. The van der Waals surface area contributed by atoms with Gasteiger partial charge in [-0.3, -0.25) is 9.80 Å². The van der Waals surface area contributed by atoms with Crippen molar-refractivity contribution in [2.75, 3.05) is 13.1 Å². The van der Waals surface area contributed by atoms with E-state index in [0.29, 0.717) is 11.5 Å². The molecule has 2 heterocycles. The molecular formula is C18H20FN3O. The number of benzene rings is 1. The second-order valence-corrected chi connectivity index (χ2v) is 7.44. The van der Waals surface area contributed by atoms with Crippen LogP contribution in [-0.2, 0) is 4.79 Å². The van der Waals surface area contributed by atoms with Gasteiger partial charge in [0.15, 0.2) is 0 Å². The van der Waals surface area contributed by atoms with E-state index in [-0.39, 0.29) is 17.4 Å². The molecular weight excluding hydrogens is 293 g/mol. The van der Waals surface area contributed by atoms with Gasteiger partial charge in [0.05, 0.1) is 23.1 Å². The van der Waals surface area contributed by atoms with Crippen LogP contribution in [0.25, 0.3) is 0 Å². The van der Waals surface area contributed by atoms with Crippen molar-refractivity contribution in [2.24, 2.45) is 11.3 Å². The average Bonchev–Trinajstić information content (AvgIpc) is 3.16. The highest BCUT2D eigenvalue weighted by Crippen LogP contribution is 2.48. The molecule has 2 saturated heterocycles. The normalized spacial score (nSPS) is 30.6. The summed E-state index contributed by atoms with van der Waals surface area (Å²) in [5.74, 6) is 0.447. The van der Waals surface area contributed by atoms with E-state index >= 15 is 0 Å². The van der Waals surface area contributed by atoms with Crippen LogP contribution in [0.2, 0.25) is 0 Å². The Balaban J connectivity index is 1.63. The van der Waals surface area contributed by atoms with Gasteiger partial charge in [-0.05, 0) is 49.4 Å². The molecule has 1 aromatic rings. The molecule has 1 amide bonds. The molecule has 23 heavy (non-hydrogen) atoms. The first-order valence-corrected chi connectivity index (χ1v) is 8.29. The highest BCUT2D eigenvalue weighted by atomic mass is 19.1. The van der Waals surface area contributed by atoms with Crippen molar-refractivity contribution in [1.82, 2.24) is 10.0 Å². The fourth-order valence-electron chi connectivity index (χ4n) is 4.16. The summed E-state index contributed by atoms with van der Waals surface area (Å²) in [5.41, 5.74) is 0.726. The van der Waals surface area contributed by atoms with E-state index < -0.39 is 5.82 Å². The minimum absolute atomic E-state index is 0.147. The van der Waals surface area contributed by atoms with Crippen LogP contribution in [0.15, 0.2) is 18.2 Å². The number of rotatable bonds is 3. The van der Waals surface area contributed by atoms with Gasteiger partial charge in [-0.2, -0.15) is 5.26 Å². The summed E-state index contributed by atoms with van der Waals surface area (Å²) in [5, 5.41) is 13.0. The summed E-state index contributed by atoms with van der Waals surface area (Å²) in [6, 6.07) is 6.25.